The maximum absolute atomic E-state index is 14.2. The first-order valence-corrected chi connectivity index (χ1v) is 13.3. The number of hydrogen-bond donors (Lipinski definition) is 1. The quantitative estimate of drug-likeness (QED) is 0.286. The van der Waals surface area contributed by atoms with E-state index in [4.69, 9.17) is 23.2 Å². The van der Waals surface area contributed by atoms with E-state index in [0.29, 0.717) is 45.3 Å². The minimum atomic E-state index is -0.733. The second-order valence-electron chi connectivity index (χ2n) is 9.58. The fraction of sp³-hybridized carbons (Fsp3) is 0.125. The molecular weight excluding hydrogens is 515 g/mol. The van der Waals surface area contributed by atoms with Crippen LogP contribution in [0.2, 0.25) is 10.0 Å². The topological polar surface area (TPSA) is 49.4 Å². The molecule has 0 bridgehead atoms. The largest absolute Gasteiger partial charge is 0.357 e. The number of fused-ring (bicyclic) bond motifs is 1. The molecule has 4 nitrogen and oxygen atoms in total. The van der Waals surface area contributed by atoms with Crippen LogP contribution in [-0.4, -0.2) is 11.7 Å². The molecule has 2 atom stereocenters. The van der Waals surface area contributed by atoms with E-state index in [-0.39, 0.29) is 17.6 Å². The minimum absolute atomic E-state index is 0.0118. The number of benzene rings is 4. The molecule has 0 spiro atoms. The fourth-order valence-electron chi connectivity index (χ4n) is 5.51. The van der Waals surface area contributed by atoms with Crippen LogP contribution in [0.3, 0.4) is 0 Å². The number of para-hydroxylation sites is 2. The van der Waals surface area contributed by atoms with Crippen LogP contribution in [0.25, 0.3) is 0 Å². The number of anilines is 2. The molecule has 2 aliphatic rings. The van der Waals surface area contributed by atoms with Crippen molar-refractivity contribution in [1.29, 1.82) is 0 Å². The van der Waals surface area contributed by atoms with Gasteiger partial charge in [-0.1, -0.05) is 89.9 Å². The predicted octanol–water partition coefficient (Wildman–Crippen LogP) is 8.21. The molecular formula is C32H24Cl2N2O2. The number of Topliss-reactive ketones (excluding diaryl/α,β-unsaturated/α-hetero) is 1. The van der Waals surface area contributed by atoms with Crippen molar-refractivity contribution in [3.05, 3.63) is 141 Å². The van der Waals surface area contributed by atoms with Crippen molar-refractivity contribution in [3.63, 3.8) is 0 Å². The summed E-state index contributed by atoms with van der Waals surface area (Å²) in [7, 11) is 0. The first-order valence-electron chi connectivity index (χ1n) is 12.5. The summed E-state index contributed by atoms with van der Waals surface area (Å²) < 4.78 is 0. The summed E-state index contributed by atoms with van der Waals surface area (Å²) in [5.41, 5.74) is 5.09. The minimum Gasteiger partial charge on any atom is -0.357 e. The molecule has 0 saturated carbocycles. The molecule has 4 aromatic carbocycles. The van der Waals surface area contributed by atoms with Gasteiger partial charge in [-0.05, 0) is 59.9 Å². The number of ketones is 1. The van der Waals surface area contributed by atoms with Crippen LogP contribution >= 0.6 is 23.2 Å². The average Bonchev–Trinajstić information content (AvgIpc) is 3.08. The Kier molecular flexibility index (Phi) is 6.52. The van der Waals surface area contributed by atoms with E-state index in [2.05, 4.69) is 17.4 Å². The van der Waals surface area contributed by atoms with Crippen molar-refractivity contribution in [1.82, 2.24) is 0 Å². The molecule has 1 N–H and O–H groups in total. The Balaban J connectivity index is 1.59. The van der Waals surface area contributed by atoms with Gasteiger partial charge in [0.2, 0.25) is 0 Å². The van der Waals surface area contributed by atoms with E-state index in [1.165, 1.54) is 0 Å². The van der Waals surface area contributed by atoms with Crippen molar-refractivity contribution in [2.24, 2.45) is 0 Å². The van der Waals surface area contributed by atoms with E-state index in [0.717, 1.165) is 16.9 Å². The summed E-state index contributed by atoms with van der Waals surface area (Å²) in [4.78, 5) is 30.0. The van der Waals surface area contributed by atoms with Gasteiger partial charge in [0, 0.05) is 33.3 Å². The molecule has 38 heavy (non-hydrogen) atoms. The summed E-state index contributed by atoms with van der Waals surface area (Å²) in [6.07, 6.45) is 0.977. The number of rotatable bonds is 3. The molecule has 0 unspecified atom stereocenters. The van der Waals surface area contributed by atoms with Gasteiger partial charge in [0.25, 0.3) is 5.91 Å². The highest BCUT2D eigenvalue weighted by atomic mass is 35.5. The molecule has 1 heterocycles. The van der Waals surface area contributed by atoms with E-state index in [1.54, 1.807) is 29.2 Å². The molecule has 4 aromatic rings. The molecule has 0 aromatic heterocycles. The highest BCUT2D eigenvalue weighted by Gasteiger charge is 2.42. The molecule has 0 saturated heterocycles. The lowest BCUT2D eigenvalue weighted by molar-refractivity contribution is -0.116. The van der Waals surface area contributed by atoms with Crippen LogP contribution in [0.15, 0.2) is 114 Å². The second kappa shape index (κ2) is 10.1. The van der Waals surface area contributed by atoms with Crippen molar-refractivity contribution in [3.8, 4) is 0 Å². The Labute approximate surface area is 231 Å². The number of halogens is 2. The molecule has 6 rings (SSSR count). The first-order chi connectivity index (χ1) is 18.5. The lowest BCUT2D eigenvalue weighted by atomic mass is 9.78. The monoisotopic (exact) mass is 538 g/mol. The number of carbonyl (C=O) groups is 2. The smallest absolute Gasteiger partial charge is 0.259 e. The predicted molar refractivity (Wildman–Crippen MR) is 153 cm³/mol. The van der Waals surface area contributed by atoms with E-state index in [9.17, 15) is 9.59 Å². The van der Waals surface area contributed by atoms with Gasteiger partial charge in [-0.15, -0.1) is 0 Å². The Morgan fingerprint density at radius 2 is 1.50 bits per heavy atom. The summed E-state index contributed by atoms with van der Waals surface area (Å²) in [5, 5.41) is 4.44. The zero-order valence-electron chi connectivity index (χ0n) is 20.4. The van der Waals surface area contributed by atoms with Gasteiger partial charge < -0.3 is 5.32 Å². The molecule has 0 radical (unpaired) electrons. The van der Waals surface area contributed by atoms with Crippen LogP contribution in [-0.2, 0) is 4.79 Å². The van der Waals surface area contributed by atoms with Crippen LogP contribution in [0.1, 0.15) is 46.3 Å². The Morgan fingerprint density at radius 1 is 0.816 bits per heavy atom. The lowest BCUT2D eigenvalue weighted by Crippen LogP contribution is -2.38. The zero-order valence-corrected chi connectivity index (χ0v) is 21.9. The summed E-state index contributed by atoms with van der Waals surface area (Å²) in [6.45, 7) is 0. The standard InChI is InChI=1S/C32H24Cl2N2O2/c33-23-15-16-24(25(34)19-23)31-30-27(17-22(18-29(30)37)20-9-3-1-4-10-20)35-26-13-7-8-14-28(26)36(31)32(38)21-11-5-2-6-12-21/h1-16,19,22,31,35H,17-18H2/t22-,31-/m1/s1. The number of amides is 1. The number of nitrogens with zero attached hydrogens (tertiary/aromatic N) is 1. The van der Waals surface area contributed by atoms with E-state index in [1.807, 2.05) is 66.7 Å². The molecule has 1 aliphatic heterocycles. The van der Waals surface area contributed by atoms with Crippen molar-refractivity contribution < 1.29 is 9.59 Å². The number of hydrogen-bond acceptors (Lipinski definition) is 3. The van der Waals surface area contributed by atoms with Crippen LogP contribution in [0.5, 0.6) is 0 Å². The third kappa shape index (κ3) is 4.40. The van der Waals surface area contributed by atoms with Crippen molar-refractivity contribution >= 4 is 46.3 Å². The van der Waals surface area contributed by atoms with Gasteiger partial charge in [-0.2, -0.15) is 0 Å². The molecule has 188 valence electrons. The Morgan fingerprint density at radius 3 is 2.24 bits per heavy atom. The number of carbonyl (C=O) groups excluding carboxylic acids is 2. The SMILES string of the molecule is O=C1C[C@H](c2ccccc2)CC2=C1[C@@H](c1ccc(Cl)cc1Cl)N(C(=O)c1ccccc1)c1ccccc1N2. The summed E-state index contributed by atoms with van der Waals surface area (Å²) in [6, 6.07) is 31.4. The fourth-order valence-corrected chi connectivity index (χ4v) is 6.02. The second-order valence-corrected chi connectivity index (χ2v) is 10.4. The van der Waals surface area contributed by atoms with Gasteiger partial charge >= 0.3 is 0 Å². The lowest BCUT2D eigenvalue weighted by Gasteiger charge is -2.35. The maximum Gasteiger partial charge on any atom is 0.259 e. The highest BCUT2D eigenvalue weighted by molar-refractivity contribution is 6.35. The third-order valence-corrected chi connectivity index (χ3v) is 7.82. The Bertz CT molecular complexity index is 1570. The van der Waals surface area contributed by atoms with E-state index < -0.39 is 6.04 Å². The molecule has 0 fully saturated rings. The van der Waals surface area contributed by atoms with Crippen LogP contribution < -0.4 is 10.2 Å². The van der Waals surface area contributed by atoms with Crippen molar-refractivity contribution in [2.45, 2.75) is 24.8 Å². The summed E-state index contributed by atoms with van der Waals surface area (Å²) >= 11 is 13.0. The first kappa shape index (κ1) is 24.5. The maximum atomic E-state index is 14.2. The normalized spacial score (nSPS) is 18.8. The third-order valence-electron chi connectivity index (χ3n) is 7.26. The van der Waals surface area contributed by atoms with Crippen LogP contribution in [0.4, 0.5) is 11.4 Å². The molecule has 1 aliphatic carbocycles. The van der Waals surface area contributed by atoms with E-state index >= 15 is 0 Å². The summed E-state index contributed by atoms with van der Waals surface area (Å²) in [5.74, 6) is -0.204. The molecule has 1 amide bonds. The zero-order chi connectivity index (χ0) is 26.2. The van der Waals surface area contributed by atoms with Gasteiger partial charge in [0.1, 0.15) is 0 Å². The number of allylic oxidation sites excluding steroid dienone is 1. The average molecular weight is 539 g/mol. The molecule has 6 heteroatoms. The van der Waals surface area contributed by atoms with Crippen molar-refractivity contribution in [2.75, 3.05) is 10.2 Å². The van der Waals surface area contributed by atoms with Crippen LogP contribution in [0, 0.1) is 0 Å². The van der Waals surface area contributed by atoms with Gasteiger partial charge in [-0.25, -0.2) is 0 Å². The highest BCUT2D eigenvalue weighted by Crippen LogP contribution is 2.49. The van der Waals surface area contributed by atoms with Gasteiger partial charge in [0.05, 0.1) is 17.4 Å². The number of nitrogens with one attached hydrogen (secondary N) is 1. The van der Waals surface area contributed by atoms with Gasteiger partial charge in [0.15, 0.2) is 5.78 Å². The Hall–Kier alpha value is -3.86. The van der Waals surface area contributed by atoms with Gasteiger partial charge in [-0.3, -0.25) is 14.5 Å².